The van der Waals surface area contributed by atoms with Crippen LogP contribution in [-0.2, 0) is 50.8 Å². The third-order valence-corrected chi connectivity index (χ3v) is 13.1. The summed E-state index contributed by atoms with van der Waals surface area (Å²) in [6.07, 6.45) is -4.18. The van der Waals surface area contributed by atoms with Gasteiger partial charge in [0.1, 0.15) is 24.4 Å². The molecule has 1 saturated heterocycles. The van der Waals surface area contributed by atoms with Gasteiger partial charge in [0.15, 0.2) is 0 Å². The lowest BCUT2D eigenvalue weighted by atomic mass is 10.1. The zero-order valence-corrected chi connectivity index (χ0v) is 32.1. The first-order valence-corrected chi connectivity index (χ1v) is 22.2. The normalized spacial score (nSPS) is 20.6. The molecule has 7 unspecified atom stereocenters. The van der Waals surface area contributed by atoms with Crippen molar-refractivity contribution in [2.45, 2.75) is 76.0 Å². The number of aliphatic hydroxyl groups excluding tert-OH is 1. The number of aliphatic hydroxyl groups is 1. The van der Waals surface area contributed by atoms with Crippen LogP contribution in [-0.4, -0.2) is 116 Å². The zero-order chi connectivity index (χ0) is 41.0. The first-order chi connectivity index (χ1) is 24.9. The van der Waals surface area contributed by atoms with Gasteiger partial charge in [-0.05, 0) is 19.3 Å². The second-order valence-corrected chi connectivity index (χ2v) is 18.2. The number of carbonyl (C=O) groups excluding carboxylic acids is 3. The van der Waals surface area contributed by atoms with Crippen LogP contribution in [0.5, 0.6) is 0 Å². The minimum absolute atomic E-state index is 0.0936. The second kappa shape index (κ2) is 21.0. The Hall–Kier alpha value is -2.74. The Morgan fingerprint density at radius 1 is 0.963 bits per heavy atom. The third kappa shape index (κ3) is 16.5. The molecule has 1 aromatic heterocycles. The number of phosphoric ester groups is 1. The molecule has 2 amide bonds. The van der Waals surface area contributed by atoms with Crippen LogP contribution < -0.4 is 21.9 Å². The van der Waals surface area contributed by atoms with E-state index in [1.54, 1.807) is 0 Å². The van der Waals surface area contributed by atoms with Crippen LogP contribution in [0.25, 0.3) is 0 Å². The Morgan fingerprint density at radius 3 is 2.17 bits per heavy atom. The minimum atomic E-state index is -5.80. The Morgan fingerprint density at radius 2 is 1.59 bits per heavy atom. The molecule has 0 radical (unpaired) electrons. The molecule has 1 fully saturated rings. The van der Waals surface area contributed by atoms with Crippen molar-refractivity contribution in [2.24, 2.45) is 0 Å². The summed E-state index contributed by atoms with van der Waals surface area (Å²) < 4.78 is 52.4. The maximum absolute atomic E-state index is 13.1. The smallest absolute Gasteiger partial charge is 0.481 e. The van der Waals surface area contributed by atoms with Gasteiger partial charge in [0.25, 0.3) is 5.56 Å². The second-order valence-electron chi connectivity index (χ2n) is 11.0. The highest BCUT2D eigenvalue weighted by Crippen LogP contribution is 2.66. The summed E-state index contributed by atoms with van der Waals surface area (Å²) in [5.74, 6) is -4.51. The molecule has 1 aromatic rings. The summed E-state index contributed by atoms with van der Waals surface area (Å²) in [6, 6.07) is -1.95. The Balaban J connectivity index is 1.87. The van der Waals surface area contributed by atoms with E-state index in [9.17, 15) is 62.2 Å². The number of hydrogen-bond acceptors (Lipinski definition) is 17. The monoisotopic (exact) mass is 874 g/mol. The number of rotatable bonds is 23. The molecule has 30 heteroatoms. The van der Waals surface area contributed by atoms with Crippen LogP contribution in [0.4, 0.5) is 0 Å². The van der Waals surface area contributed by atoms with Crippen molar-refractivity contribution in [1.29, 1.82) is 0 Å². The van der Waals surface area contributed by atoms with Gasteiger partial charge in [-0.15, -0.1) is 0 Å². The summed E-state index contributed by atoms with van der Waals surface area (Å²) >= 11 is 0. The van der Waals surface area contributed by atoms with Crippen molar-refractivity contribution < 1.29 is 90.4 Å². The topological polar surface area (TPSA) is 383 Å². The number of nitrogens with one attached hydrogen (secondary N) is 2. The summed E-state index contributed by atoms with van der Waals surface area (Å²) in [7, 11) is -14.3. The van der Waals surface area contributed by atoms with E-state index in [2.05, 4.69) is 23.8 Å². The van der Waals surface area contributed by atoms with Crippen molar-refractivity contribution in [3.63, 3.8) is 0 Å². The average molecular weight is 875 g/mol. The number of ether oxygens (including phenoxy) is 1. The van der Waals surface area contributed by atoms with Gasteiger partial charge in [-0.25, -0.2) is 23.3 Å². The molecular formula is C24H37N4O21P3S2. The van der Waals surface area contributed by atoms with Gasteiger partial charge in [0.2, 0.25) is 17.7 Å². The molecule has 54 heavy (non-hydrogen) atoms. The van der Waals surface area contributed by atoms with Gasteiger partial charge in [-0.2, -0.15) is 13.2 Å². The van der Waals surface area contributed by atoms with E-state index < -0.39 is 108 Å². The highest BCUT2D eigenvalue weighted by Gasteiger charge is 2.43. The fraction of sp³-hybridized carbons (Fsp3) is 0.625. The fourth-order valence-corrected chi connectivity index (χ4v) is 9.69. The van der Waals surface area contributed by atoms with Gasteiger partial charge >= 0.3 is 41.1 Å². The van der Waals surface area contributed by atoms with Gasteiger partial charge in [-0.3, -0.25) is 33.1 Å². The van der Waals surface area contributed by atoms with E-state index in [0.717, 1.165) is 23.8 Å². The molecule has 0 bridgehead atoms. The van der Waals surface area contributed by atoms with E-state index in [0.29, 0.717) is 22.5 Å². The number of phosphoric acid groups is 3. The number of carbonyl (C=O) groups is 5. The molecule has 0 spiro atoms. The molecule has 0 aliphatic carbocycles. The lowest BCUT2D eigenvalue weighted by Gasteiger charge is -2.20. The van der Waals surface area contributed by atoms with Crippen molar-refractivity contribution in [1.82, 2.24) is 19.8 Å². The molecule has 9 N–H and O–H groups in total. The van der Waals surface area contributed by atoms with E-state index in [4.69, 9.17) is 24.7 Å². The highest BCUT2D eigenvalue weighted by molar-refractivity contribution is 8.76. The first kappa shape index (κ1) is 47.4. The van der Waals surface area contributed by atoms with Crippen LogP contribution in [0.2, 0.25) is 0 Å². The minimum Gasteiger partial charge on any atom is -0.481 e. The van der Waals surface area contributed by atoms with Crippen LogP contribution >= 0.6 is 45.1 Å². The molecule has 0 saturated carbocycles. The van der Waals surface area contributed by atoms with Crippen LogP contribution in [0.1, 0.15) is 56.5 Å². The SMILES string of the molecule is CC(=O)NC(CCCSSCCCC(=O)n1c(=O)ccn(C2CC(O)C(COP(=O)(O)OP(=O)(O)OP(=O)(O)O)O2)c1=O)C(=O)NC(CC(=O)O)C(=O)O. The fourth-order valence-electron chi connectivity index (χ4n) is 4.47. The number of amides is 2. The van der Waals surface area contributed by atoms with E-state index in [1.165, 1.54) is 21.6 Å². The standard InChI is InChI=1S/C24H37N4O21P3S2/c1-13(29)25-14(22(35)26-15(23(36)37)10-21(33)34)4-2-8-53-54-9-3-5-18(31)28-19(32)6-7-27(24(28)38)20-11-16(30)17(47-20)12-46-51(42,43)49-52(44,45)48-50(39,40)41/h6-7,14-17,20,30H,2-5,8-12H2,1H3,(H,25,29)(H,26,35)(H,33,34)(H,36,37)(H,42,43)(H,44,45)(H2,39,40,41). The summed E-state index contributed by atoms with van der Waals surface area (Å²) in [4.78, 5) is 121. The molecule has 306 valence electrons. The van der Waals surface area contributed by atoms with Gasteiger partial charge in [-0.1, -0.05) is 21.6 Å². The van der Waals surface area contributed by atoms with Crippen molar-refractivity contribution in [3.05, 3.63) is 33.1 Å². The van der Waals surface area contributed by atoms with E-state index in [1.807, 2.05) is 0 Å². The van der Waals surface area contributed by atoms with Crippen molar-refractivity contribution >= 4 is 74.7 Å². The van der Waals surface area contributed by atoms with Crippen LogP contribution in [0, 0.1) is 0 Å². The average Bonchev–Trinajstić information content (AvgIpc) is 3.37. The highest BCUT2D eigenvalue weighted by atomic mass is 33.1. The summed E-state index contributed by atoms with van der Waals surface area (Å²) in [5, 5.41) is 32.8. The summed E-state index contributed by atoms with van der Waals surface area (Å²) in [6.45, 7) is 0.132. The van der Waals surface area contributed by atoms with E-state index in [-0.39, 0.29) is 25.7 Å². The largest absolute Gasteiger partial charge is 0.490 e. The van der Waals surface area contributed by atoms with Crippen molar-refractivity contribution in [2.75, 3.05) is 18.1 Å². The predicted octanol–water partition coefficient (Wildman–Crippen LogP) is -0.867. The maximum Gasteiger partial charge on any atom is 0.490 e. The number of aliphatic carboxylic acids is 2. The molecular weight excluding hydrogens is 837 g/mol. The summed E-state index contributed by atoms with van der Waals surface area (Å²) in [5.41, 5.74) is -2.11. The Labute approximate surface area is 311 Å². The Kier molecular flexibility index (Phi) is 18.4. The first-order valence-electron chi connectivity index (χ1n) is 15.2. The van der Waals surface area contributed by atoms with Crippen LogP contribution in [0.15, 0.2) is 21.9 Å². The number of carboxylic acids is 2. The lowest BCUT2D eigenvalue weighted by Crippen LogP contribution is -2.51. The van der Waals surface area contributed by atoms with E-state index >= 15 is 0 Å². The van der Waals surface area contributed by atoms with Gasteiger partial charge in [0, 0.05) is 43.5 Å². The number of carboxylic acid groups (broad SMARTS) is 2. The molecule has 1 aliphatic heterocycles. The molecule has 0 aromatic carbocycles. The van der Waals surface area contributed by atoms with Crippen molar-refractivity contribution in [3.8, 4) is 0 Å². The van der Waals surface area contributed by atoms with Crippen LogP contribution in [0.3, 0.4) is 0 Å². The van der Waals surface area contributed by atoms with Gasteiger partial charge < -0.3 is 50.3 Å². The molecule has 2 rings (SSSR count). The van der Waals surface area contributed by atoms with Gasteiger partial charge in [0.05, 0.1) is 19.1 Å². The third-order valence-electron chi connectivity index (χ3n) is 6.70. The zero-order valence-electron chi connectivity index (χ0n) is 27.8. The quantitative estimate of drug-likeness (QED) is 0.0367. The number of nitrogens with zero attached hydrogens (tertiary/aromatic N) is 2. The predicted molar refractivity (Wildman–Crippen MR) is 183 cm³/mol. The maximum atomic E-state index is 13.1. The molecule has 2 heterocycles. The Bertz CT molecular complexity index is 1800. The number of hydrogen-bond donors (Lipinski definition) is 9. The lowest BCUT2D eigenvalue weighted by molar-refractivity contribution is -0.147. The molecule has 1 aliphatic rings. The molecule has 7 atom stereocenters. The number of aromatic nitrogens is 2. The molecule has 25 nitrogen and oxygen atoms in total.